The van der Waals surface area contributed by atoms with E-state index in [1.54, 1.807) is 42.2 Å². The Hall–Kier alpha value is -3.87. The molecule has 10 heteroatoms. The minimum atomic E-state index is -4.83. The summed E-state index contributed by atoms with van der Waals surface area (Å²) in [6.07, 6.45) is -4.41. The van der Waals surface area contributed by atoms with Crippen molar-refractivity contribution in [3.8, 4) is 6.07 Å². The van der Waals surface area contributed by atoms with Gasteiger partial charge in [0.1, 0.15) is 5.54 Å². The molecule has 0 unspecified atom stereocenters. The Morgan fingerprint density at radius 2 is 1.85 bits per heavy atom. The maximum absolute atomic E-state index is 13.5. The van der Waals surface area contributed by atoms with Crippen molar-refractivity contribution in [2.75, 3.05) is 11.4 Å². The lowest BCUT2D eigenvalue weighted by Gasteiger charge is -2.41. The molecule has 3 aliphatic heterocycles. The summed E-state index contributed by atoms with van der Waals surface area (Å²) in [5.41, 5.74) is -3.01. The normalized spacial score (nSPS) is 26.1. The SMILES string of the molecule is C[C@]12C(=O)N(c3ccc(C#N)c(C(F)(F)F)c3)C(=O)N1[C@@H]1C[C@H]2N(C(=O)c2ccccc2)C1. The number of hydrogen-bond donors (Lipinski definition) is 0. The second-order valence-corrected chi connectivity index (χ2v) is 8.51. The van der Waals surface area contributed by atoms with Gasteiger partial charge in [0.15, 0.2) is 0 Å². The number of anilines is 1. The summed E-state index contributed by atoms with van der Waals surface area (Å²) < 4.78 is 40.3. The standard InChI is InChI=1S/C23H17F3N4O3/c1-22-18-10-16(12-28(18)19(31)13-5-3-2-4-6-13)30(22)21(33)29(20(22)32)15-8-7-14(11-27)17(9-15)23(24,25)26/h2-9,16,18H,10,12H2,1H3/t16-,18-,22+/m1/s1. The predicted octanol–water partition coefficient (Wildman–Crippen LogP) is 3.40. The number of hydrogen-bond acceptors (Lipinski definition) is 4. The van der Waals surface area contributed by atoms with Crippen LogP contribution in [0.25, 0.3) is 0 Å². The molecule has 3 heterocycles. The summed E-state index contributed by atoms with van der Waals surface area (Å²) in [6, 6.07) is 11.1. The number of benzene rings is 2. The maximum atomic E-state index is 13.5. The van der Waals surface area contributed by atoms with Crippen molar-refractivity contribution in [3.05, 3.63) is 65.2 Å². The third-order valence-electron chi connectivity index (χ3n) is 6.80. The molecule has 2 aromatic rings. The van der Waals surface area contributed by atoms with Gasteiger partial charge in [-0.05, 0) is 43.7 Å². The van der Waals surface area contributed by atoms with Crippen LogP contribution in [0.4, 0.5) is 23.7 Å². The van der Waals surface area contributed by atoms with Gasteiger partial charge in [-0.2, -0.15) is 18.4 Å². The Morgan fingerprint density at radius 3 is 2.48 bits per heavy atom. The van der Waals surface area contributed by atoms with Gasteiger partial charge in [0.2, 0.25) is 0 Å². The molecule has 0 saturated carbocycles. The first-order valence-corrected chi connectivity index (χ1v) is 10.2. The Labute approximate surface area is 186 Å². The van der Waals surface area contributed by atoms with Crippen LogP contribution in [-0.2, 0) is 11.0 Å². The van der Waals surface area contributed by atoms with Gasteiger partial charge in [-0.25, -0.2) is 9.69 Å². The first-order chi connectivity index (χ1) is 15.6. The third kappa shape index (κ3) is 2.78. The summed E-state index contributed by atoms with van der Waals surface area (Å²) >= 11 is 0. The number of likely N-dealkylation sites (tertiary alicyclic amines) is 1. The number of rotatable bonds is 2. The first kappa shape index (κ1) is 21.0. The van der Waals surface area contributed by atoms with Gasteiger partial charge in [-0.3, -0.25) is 9.59 Å². The van der Waals surface area contributed by atoms with E-state index in [-0.39, 0.29) is 18.1 Å². The lowest BCUT2D eigenvalue weighted by molar-refractivity contribution is -0.137. The molecule has 0 aromatic heterocycles. The van der Waals surface area contributed by atoms with Crippen LogP contribution in [0.1, 0.15) is 34.8 Å². The van der Waals surface area contributed by atoms with Gasteiger partial charge in [-0.15, -0.1) is 0 Å². The van der Waals surface area contributed by atoms with Crippen molar-refractivity contribution in [2.45, 2.75) is 37.1 Å². The molecule has 2 bridgehead atoms. The molecular weight excluding hydrogens is 437 g/mol. The van der Waals surface area contributed by atoms with Crippen molar-refractivity contribution in [3.63, 3.8) is 0 Å². The average molecular weight is 454 g/mol. The number of nitrogens with zero attached hydrogens (tertiary/aromatic N) is 4. The monoisotopic (exact) mass is 454 g/mol. The molecule has 0 spiro atoms. The van der Waals surface area contributed by atoms with E-state index in [9.17, 15) is 27.6 Å². The number of urea groups is 1. The number of piperazine rings is 1. The minimum absolute atomic E-state index is 0.238. The zero-order chi connectivity index (χ0) is 23.7. The van der Waals surface area contributed by atoms with Gasteiger partial charge in [0.05, 0.1) is 35.0 Å². The first-order valence-electron chi connectivity index (χ1n) is 10.2. The molecule has 3 fully saturated rings. The van der Waals surface area contributed by atoms with E-state index >= 15 is 0 Å². The molecule has 2 aromatic carbocycles. The van der Waals surface area contributed by atoms with Crippen molar-refractivity contribution < 1.29 is 27.6 Å². The summed E-state index contributed by atoms with van der Waals surface area (Å²) in [6.45, 7) is 1.79. The molecule has 5 rings (SSSR count). The molecule has 7 nitrogen and oxygen atoms in total. The van der Waals surface area contributed by atoms with Crippen LogP contribution in [0, 0.1) is 11.3 Å². The summed E-state index contributed by atoms with van der Waals surface area (Å²) in [7, 11) is 0. The highest BCUT2D eigenvalue weighted by Gasteiger charge is 2.70. The smallest absolute Gasteiger partial charge is 0.331 e. The number of carbonyl (C=O) groups excluding carboxylic acids is 3. The van der Waals surface area contributed by atoms with Crippen molar-refractivity contribution >= 4 is 23.5 Å². The number of amides is 4. The van der Waals surface area contributed by atoms with Crippen molar-refractivity contribution in [2.24, 2.45) is 0 Å². The molecule has 0 aliphatic carbocycles. The fourth-order valence-corrected chi connectivity index (χ4v) is 5.30. The zero-order valence-electron chi connectivity index (χ0n) is 17.3. The van der Waals surface area contributed by atoms with Crippen LogP contribution < -0.4 is 4.90 Å². The highest BCUT2D eigenvalue weighted by atomic mass is 19.4. The lowest BCUT2D eigenvalue weighted by atomic mass is 9.91. The largest absolute Gasteiger partial charge is 0.417 e. The van der Waals surface area contributed by atoms with E-state index in [0.29, 0.717) is 18.1 Å². The second kappa shape index (κ2) is 6.81. The second-order valence-electron chi connectivity index (χ2n) is 8.51. The van der Waals surface area contributed by atoms with Gasteiger partial charge < -0.3 is 9.80 Å². The maximum Gasteiger partial charge on any atom is 0.417 e. The number of halogens is 3. The fourth-order valence-electron chi connectivity index (χ4n) is 5.30. The molecule has 4 amide bonds. The van der Waals surface area contributed by atoms with E-state index in [2.05, 4.69) is 0 Å². The van der Waals surface area contributed by atoms with E-state index in [1.165, 1.54) is 11.0 Å². The number of fused-ring (bicyclic) bond motifs is 5. The number of imide groups is 1. The van der Waals surface area contributed by atoms with E-state index in [1.807, 2.05) is 0 Å². The highest BCUT2D eigenvalue weighted by Crippen LogP contribution is 2.50. The zero-order valence-corrected chi connectivity index (χ0v) is 17.3. The molecule has 0 N–H and O–H groups in total. The molecule has 3 saturated heterocycles. The van der Waals surface area contributed by atoms with Gasteiger partial charge in [0.25, 0.3) is 11.8 Å². The highest BCUT2D eigenvalue weighted by molar-refractivity contribution is 6.24. The van der Waals surface area contributed by atoms with Crippen LogP contribution in [-0.4, -0.2) is 51.8 Å². The number of nitriles is 1. The van der Waals surface area contributed by atoms with Crippen LogP contribution in [0.5, 0.6) is 0 Å². The Morgan fingerprint density at radius 1 is 1.15 bits per heavy atom. The van der Waals surface area contributed by atoms with Crippen LogP contribution >= 0.6 is 0 Å². The van der Waals surface area contributed by atoms with Gasteiger partial charge in [-0.1, -0.05) is 18.2 Å². The van der Waals surface area contributed by atoms with E-state index < -0.39 is 46.9 Å². The van der Waals surface area contributed by atoms with Crippen molar-refractivity contribution in [1.29, 1.82) is 5.26 Å². The Bertz CT molecular complexity index is 1240. The molecular formula is C23H17F3N4O3. The molecule has 33 heavy (non-hydrogen) atoms. The summed E-state index contributed by atoms with van der Waals surface area (Å²) in [4.78, 5) is 43.5. The molecule has 0 radical (unpaired) electrons. The average Bonchev–Trinajstić information content (AvgIpc) is 3.41. The number of carbonyl (C=O) groups is 3. The van der Waals surface area contributed by atoms with E-state index in [4.69, 9.17) is 5.26 Å². The van der Waals surface area contributed by atoms with Crippen LogP contribution in [0.3, 0.4) is 0 Å². The van der Waals surface area contributed by atoms with Crippen LogP contribution in [0.2, 0.25) is 0 Å². The van der Waals surface area contributed by atoms with E-state index in [0.717, 1.165) is 17.0 Å². The van der Waals surface area contributed by atoms with Gasteiger partial charge in [0, 0.05) is 12.1 Å². The molecule has 3 aliphatic rings. The minimum Gasteiger partial charge on any atom is -0.331 e. The molecule has 3 atom stereocenters. The predicted molar refractivity (Wildman–Crippen MR) is 109 cm³/mol. The Kier molecular flexibility index (Phi) is 4.34. The molecule has 168 valence electrons. The Balaban J connectivity index is 1.52. The number of alkyl halides is 3. The summed E-state index contributed by atoms with van der Waals surface area (Å²) in [5, 5.41) is 9.02. The van der Waals surface area contributed by atoms with Crippen molar-refractivity contribution in [1.82, 2.24) is 9.80 Å². The topological polar surface area (TPSA) is 84.7 Å². The van der Waals surface area contributed by atoms with Crippen LogP contribution in [0.15, 0.2) is 48.5 Å². The third-order valence-corrected chi connectivity index (χ3v) is 6.80. The fraction of sp³-hybridized carbons (Fsp3) is 0.304. The lowest BCUT2D eigenvalue weighted by Crippen LogP contribution is -2.62. The van der Waals surface area contributed by atoms with Gasteiger partial charge >= 0.3 is 12.2 Å². The quantitative estimate of drug-likeness (QED) is 0.651. The summed E-state index contributed by atoms with van der Waals surface area (Å²) in [5.74, 6) is -0.955.